The Morgan fingerprint density at radius 1 is 1.21 bits per heavy atom. The molecule has 0 aromatic carbocycles. The van der Waals surface area contributed by atoms with Gasteiger partial charge >= 0.3 is 0 Å². The highest BCUT2D eigenvalue weighted by molar-refractivity contribution is 9.11. The third-order valence-electron chi connectivity index (χ3n) is 2.70. The van der Waals surface area contributed by atoms with E-state index in [1.807, 2.05) is 13.8 Å². The van der Waals surface area contributed by atoms with Crippen molar-refractivity contribution >= 4 is 27.3 Å². The van der Waals surface area contributed by atoms with Gasteiger partial charge in [-0.3, -0.25) is 0 Å². The second kappa shape index (κ2) is 9.88. The standard InChI is InChI=1S/C14H24BrNO2S/c1-4-9-16-12(14(17-5-2)18-6-3)10-11-7-8-13(15)19-11/h7-8,12,14,16H,4-6,9-10H2,1-3H3. The molecule has 1 rings (SSSR count). The summed E-state index contributed by atoms with van der Waals surface area (Å²) in [6, 6.07) is 4.45. The van der Waals surface area contributed by atoms with Gasteiger partial charge in [0.15, 0.2) is 6.29 Å². The monoisotopic (exact) mass is 349 g/mol. The molecule has 0 fully saturated rings. The van der Waals surface area contributed by atoms with Gasteiger partial charge in [0.25, 0.3) is 0 Å². The normalized spacial score (nSPS) is 13.1. The van der Waals surface area contributed by atoms with Gasteiger partial charge in [0.1, 0.15) is 0 Å². The quantitative estimate of drug-likeness (QED) is 0.651. The van der Waals surface area contributed by atoms with Crippen molar-refractivity contribution in [3.63, 3.8) is 0 Å². The topological polar surface area (TPSA) is 30.5 Å². The fourth-order valence-corrected chi connectivity index (χ4v) is 3.42. The average molecular weight is 350 g/mol. The summed E-state index contributed by atoms with van der Waals surface area (Å²) >= 11 is 5.28. The lowest BCUT2D eigenvalue weighted by molar-refractivity contribution is -0.153. The van der Waals surface area contributed by atoms with Crippen LogP contribution in [0.25, 0.3) is 0 Å². The molecule has 0 aliphatic carbocycles. The van der Waals surface area contributed by atoms with E-state index in [0.717, 1.165) is 19.4 Å². The fourth-order valence-electron chi connectivity index (χ4n) is 1.88. The zero-order valence-corrected chi connectivity index (χ0v) is 14.4. The Morgan fingerprint density at radius 2 is 1.89 bits per heavy atom. The first-order valence-corrected chi connectivity index (χ1v) is 8.52. The Kier molecular flexibility index (Phi) is 8.90. The highest BCUT2D eigenvalue weighted by Gasteiger charge is 2.22. The summed E-state index contributed by atoms with van der Waals surface area (Å²) in [5.74, 6) is 0. The molecule has 0 saturated heterocycles. The van der Waals surface area contributed by atoms with E-state index in [9.17, 15) is 0 Å². The molecule has 1 N–H and O–H groups in total. The minimum absolute atomic E-state index is 0.178. The second-order valence-electron chi connectivity index (χ2n) is 4.25. The number of rotatable bonds is 10. The molecule has 110 valence electrons. The molecule has 3 nitrogen and oxygen atoms in total. The van der Waals surface area contributed by atoms with Crippen molar-refractivity contribution in [2.75, 3.05) is 19.8 Å². The molecule has 0 aliphatic rings. The minimum atomic E-state index is -0.178. The largest absolute Gasteiger partial charge is 0.351 e. The molecule has 1 aromatic rings. The smallest absolute Gasteiger partial charge is 0.173 e. The molecule has 1 heterocycles. The van der Waals surface area contributed by atoms with E-state index in [1.54, 1.807) is 11.3 Å². The van der Waals surface area contributed by atoms with Crippen molar-refractivity contribution in [2.24, 2.45) is 0 Å². The summed E-state index contributed by atoms with van der Waals surface area (Å²) < 4.78 is 12.6. The van der Waals surface area contributed by atoms with Crippen LogP contribution in [-0.4, -0.2) is 32.1 Å². The van der Waals surface area contributed by atoms with E-state index in [4.69, 9.17) is 9.47 Å². The molecule has 5 heteroatoms. The fraction of sp³-hybridized carbons (Fsp3) is 0.714. The van der Waals surface area contributed by atoms with Crippen LogP contribution in [0.3, 0.4) is 0 Å². The summed E-state index contributed by atoms with van der Waals surface area (Å²) in [7, 11) is 0. The van der Waals surface area contributed by atoms with Crippen LogP contribution in [0, 0.1) is 0 Å². The number of hydrogen-bond acceptors (Lipinski definition) is 4. The van der Waals surface area contributed by atoms with Gasteiger partial charge in [0.05, 0.1) is 9.83 Å². The average Bonchev–Trinajstić information content (AvgIpc) is 2.80. The second-order valence-corrected chi connectivity index (χ2v) is 6.80. The molecule has 0 bridgehead atoms. The maximum absolute atomic E-state index is 5.73. The van der Waals surface area contributed by atoms with E-state index in [1.165, 1.54) is 8.66 Å². The van der Waals surface area contributed by atoms with Crippen molar-refractivity contribution < 1.29 is 9.47 Å². The van der Waals surface area contributed by atoms with Crippen molar-refractivity contribution in [1.82, 2.24) is 5.32 Å². The van der Waals surface area contributed by atoms with E-state index >= 15 is 0 Å². The maximum Gasteiger partial charge on any atom is 0.173 e. The minimum Gasteiger partial charge on any atom is -0.351 e. The molecule has 0 spiro atoms. The Hall–Kier alpha value is 0.0600. The summed E-state index contributed by atoms with van der Waals surface area (Å²) in [5.41, 5.74) is 0. The molecule has 1 atom stereocenters. The highest BCUT2D eigenvalue weighted by atomic mass is 79.9. The third kappa shape index (κ3) is 6.36. The maximum atomic E-state index is 5.73. The van der Waals surface area contributed by atoms with Crippen LogP contribution in [0.4, 0.5) is 0 Å². The van der Waals surface area contributed by atoms with Gasteiger partial charge in [-0.25, -0.2) is 0 Å². The summed E-state index contributed by atoms with van der Waals surface area (Å²) in [6.07, 6.45) is 1.86. The molecule has 0 amide bonds. The first-order chi connectivity index (χ1) is 9.21. The Bertz CT molecular complexity index is 340. The zero-order chi connectivity index (χ0) is 14.1. The predicted molar refractivity (Wildman–Crippen MR) is 84.8 cm³/mol. The molecular formula is C14H24BrNO2S. The lowest BCUT2D eigenvalue weighted by Gasteiger charge is -2.27. The van der Waals surface area contributed by atoms with Gasteiger partial charge in [-0.2, -0.15) is 0 Å². The van der Waals surface area contributed by atoms with Gasteiger partial charge in [0.2, 0.25) is 0 Å². The molecule has 0 saturated carbocycles. The molecule has 19 heavy (non-hydrogen) atoms. The van der Waals surface area contributed by atoms with Crippen molar-refractivity contribution in [2.45, 2.75) is 45.9 Å². The van der Waals surface area contributed by atoms with Gasteiger partial charge in [0, 0.05) is 24.5 Å². The van der Waals surface area contributed by atoms with Crippen LogP contribution in [0.15, 0.2) is 15.9 Å². The lowest BCUT2D eigenvalue weighted by atomic mass is 10.1. The van der Waals surface area contributed by atoms with Gasteiger partial charge in [-0.15, -0.1) is 11.3 Å². The van der Waals surface area contributed by atoms with Crippen molar-refractivity contribution in [3.05, 3.63) is 20.8 Å². The van der Waals surface area contributed by atoms with Crippen LogP contribution in [0.1, 0.15) is 32.1 Å². The number of hydrogen-bond donors (Lipinski definition) is 1. The van der Waals surface area contributed by atoms with Crippen LogP contribution < -0.4 is 5.32 Å². The highest BCUT2D eigenvalue weighted by Crippen LogP contribution is 2.24. The van der Waals surface area contributed by atoms with Crippen LogP contribution >= 0.6 is 27.3 Å². The number of nitrogens with one attached hydrogen (secondary N) is 1. The summed E-state index contributed by atoms with van der Waals surface area (Å²) in [5, 5.41) is 3.54. The van der Waals surface area contributed by atoms with E-state index in [2.05, 4.69) is 40.3 Å². The first kappa shape index (κ1) is 17.1. The van der Waals surface area contributed by atoms with Crippen molar-refractivity contribution in [1.29, 1.82) is 0 Å². The Balaban J connectivity index is 2.67. The molecule has 1 aromatic heterocycles. The van der Waals surface area contributed by atoms with Crippen LogP contribution in [0.5, 0.6) is 0 Å². The number of thiophene rings is 1. The Labute approximate surface area is 128 Å². The van der Waals surface area contributed by atoms with Gasteiger partial charge in [-0.05, 0) is 54.9 Å². The SMILES string of the molecule is CCCNC(Cc1ccc(Br)s1)C(OCC)OCC. The number of ether oxygens (including phenoxy) is 2. The zero-order valence-electron chi connectivity index (χ0n) is 11.9. The van der Waals surface area contributed by atoms with Crippen LogP contribution in [0.2, 0.25) is 0 Å². The van der Waals surface area contributed by atoms with Crippen LogP contribution in [-0.2, 0) is 15.9 Å². The summed E-state index contributed by atoms with van der Waals surface area (Å²) in [4.78, 5) is 1.34. The van der Waals surface area contributed by atoms with Crippen molar-refractivity contribution in [3.8, 4) is 0 Å². The lowest BCUT2D eigenvalue weighted by Crippen LogP contribution is -2.44. The molecule has 1 unspecified atom stereocenters. The van der Waals surface area contributed by atoms with Gasteiger partial charge in [-0.1, -0.05) is 6.92 Å². The Morgan fingerprint density at radius 3 is 2.37 bits per heavy atom. The van der Waals surface area contributed by atoms with E-state index < -0.39 is 0 Å². The molecule has 0 aliphatic heterocycles. The summed E-state index contributed by atoms with van der Waals surface area (Å²) in [6.45, 7) is 8.50. The molecule has 0 radical (unpaired) electrons. The van der Waals surface area contributed by atoms with E-state index in [-0.39, 0.29) is 12.3 Å². The third-order valence-corrected chi connectivity index (χ3v) is 4.34. The molecular weight excluding hydrogens is 326 g/mol. The van der Waals surface area contributed by atoms with E-state index in [0.29, 0.717) is 13.2 Å². The first-order valence-electron chi connectivity index (χ1n) is 6.92. The number of halogens is 1. The predicted octanol–water partition coefficient (Wildman–Crippen LogP) is 3.82. The van der Waals surface area contributed by atoms with Gasteiger partial charge < -0.3 is 14.8 Å².